The van der Waals surface area contributed by atoms with Crippen molar-refractivity contribution < 1.29 is 14.3 Å². The van der Waals surface area contributed by atoms with Crippen LogP contribution in [0, 0.1) is 0 Å². The molecule has 0 spiro atoms. The summed E-state index contributed by atoms with van der Waals surface area (Å²) in [5, 5.41) is 1.13. The molecule has 2 heterocycles. The summed E-state index contributed by atoms with van der Waals surface area (Å²) in [4.78, 5) is 14.8. The summed E-state index contributed by atoms with van der Waals surface area (Å²) in [6, 6.07) is 12.2. The van der Waals surface area contributed by atoms with E-state index >= 15 is 0 Å². The number of halogens is 1. The van der Waals surface area contributed by atoms with Crippen LogP contribution < -0.4 is 9.47 Å². The molecular formula is C21H21BrN2O3. The lowest BCUT2D eigenvalue weighted by molar-refractivity contribution is -0.132. The monoisotopic (exact) mass is 428 g/mol. The molecule has 1 amide bonds. The van der Waals surface area contributed by atoms with E-state index in [1.165, 1.54) is 5.56 Å². The minimum Gasteiger partial charge on any atom is -0.493 e. The second-order valence-electron chi connectivity index (χ2n) is 6.69. The first-order valence-corrected chi connectivity index (χ1v) is 9.64. The van der Waals surface area contributed by atoms with Crippen LogP contribution in [0.4, 0.5) is 0 Å². The fraction of sp³-hybridized carbons (Fsp3) is 0.286. The Labute approximate surface area is 166 Å². The molecule has 140 valence electrons. The predicted molar refractivity (Wildman–Crippen MR) is 108 cm³/mol. The summed E-state index contributed by atoms with van der Waals surface area (Å²) in [5.41, 5.74) is 3.39. The molecule has 0 aliphatic carbocycles. The lowest BCUT2D eigenvalue weighted by Crippen LogP contribution is -2.37. The quantitative estimate of drug-likeness (QED) is 0.630. The molecule has 4 rings (SSSR count). The highest BCUT2D eigenvalue weighted by atomic mass is 79.9. The van der Waals surface area contributed by atoms with Crippen LogP contribution in [0.25, 0.3) is 10.9 Å². The summed E-state index contributed by atoms with van der Waals surface area (Å²) >= 11 is 3.51. The molecule has 1 aliphatic rings. The molecule has 0 unspecified atom stereocenters. The Balaban J connectivity index is 1.54. The molecule has 27 heavy (non-hydrogen) atoms. The molecule has 3 aromatic rings. The smallest absolute Gasteiger partial charge is 0.242 e. The average Bonchev–Trinajstić information content (AvgIpc) is 3.08. The van der Waals surface area contributed by atoms with E-state index in [0.717, 1.165) is 33.1 Å². The van der Waals surface area contributed by atoms with Crippen LogP contribution in [0.15, 0.2) is 47.1 Å². The molecule has 0 bridgehead atoms. The number of ether oxygens (including phenoxy) is 2. The van der Waals surface area contributed by atoms with E-state index in [-0.39, 0.29) is 5.91 Å². The molecule has 0 N–H and O–H groups in total. The van der Waals surface area contributed by atoms with Gasteiger partial charge in [0.2, 0.25) is 5.91 Å². The molecule has 0 saturated heterocycles. The molecule has 0 atom stereocenters. The summed E-state index contributed by atoms with van der Waals surface area (Å²) < 4.78 is 13.8. The zero-order valence-corrected chi connectivity index (χ0v) is 17.0. The van der Waals surface area contributed by atoms with Crippen molar-refractivity contribution in [3.8, 4) is 11.5 Å². The van der Waals surface area contributed by atoms with Crippen LogP contribution in [0.2, 0.25) is 0 Å². The van der Waals surface area contributed by atoms with Gasteiger partial charge in [-0.1, -0.05) is 22.0 Å². The van der Waals surface area contributed by atoms with Gasteiger partial charge < -0.3 is 18.9 Å². The molecule has 0 fully saturated rings. The minimum absolute atomic E-state index is 0.118. The Morgan fingerprint density at radius 3 is 2.56 bits per heavy atom. The van der Waals surface area contributed by atoms with Gasteiger partial charge in [0.15, 0.2) is 11.5 Å². The van der Waals surface area contributed by atoms with E-state index < -0.39 is 0 Å². The maximum Gasteiger partial charge on any atom is 0.242 e. The van der Waals surface area contributed by atoms with Crippen LogP contribution in [-0.4, -0.2) is 36.1 Å². The van der Waals surface area contributed by atoms with Gasteiger partial charge in [0.25, 0.3) is 0 Å². The van der Waals surface area contributed by atoms with Crippen LogP contribution in [0.5, 0.6) is 11.5 Å². The molecule has 0 saturated carbocycles. The third kappa shape index (κ3) is 3.41. The number of hydrogen-bond acceptors (Lipinski definition) is 3. The highest BCUT2D eigenvalue weighted by Crippen LogP contribution is 2.33. The normalized spacial score (nSPS) is 13.5. The fourth-order valence-corrected chi connectivity index (χ4v) is 3.99. The van der Waals surface area contributed by atoms with Crippen LogP contribution in [0.3, 0.4) is 0 Å². The second-order valence-corrected chi connectivity index (χ2v) is 7.60. The third-order valence-corrected chi connectivity index (χ3v) is 5.61. The number of amides is 1. The third-order valence-electron chi connectivity index (χ3n) is 5.11. The summed E-state index contributed by atoms with van der Waals surface area (Å²) in [5.74, 6) is 1.56. The van der Waals surface area contributed by atoms with Crippen molar-refractivity contribution in [1.29, 1.82) is 0 Å². The van der Waals surface area contributed by atoms with Gasteiger partial charge in [0, 0.05) is 29.3 Å². The number of aromatic nitrogens is 1. The Morgan fingerprint density at radius 2 is 1.81 bits per heavy atom. The Hall–Kier alpha value is -2.47. The van der Waals surface area contributed by atoms with Gasteiger partial charge >= 0.3 is 0 Å². The predicted octanol–water partition coefficient (Wildman–Crippen LogP) is 4.01. The topological polar surface area (TPSA) is 43.7 Å². The number of hydrogen-bond donors (Lipinski definition) is 0. The molecule has 2 aromatic carbocycles. The van der Waals surface area contributed by atoms with Crippen molar-refractivity contribution in [2.24, 2.45) is 0 Å². The van der Waals surface area contributed by atoms with Crippen LogP contribution in [0.1, 0.15) is 11.1 Å². The van der Waals surface area contributed by atoms with Crippen LogP contribution in [-0.2, 0) is 24.3 Å². The van der Waals surface area contributed by atoms with Gasteiger partial charge in [-0.25, -0.2) is 0 Å². The van der Waals surface area contributed by atoms with E-state index in [0.29, 0.717) is 25.4 Å². The average molecular weight is 429 g/mol. The summed E-state index contributed by atoms with van der Waals surface area (Å²) in [6.07, 6.45) is 2.79. The first kappa shape index (κ1) is 17.9. The maximum absolute atomic E-state index is 12.9. The van der Waals surface area contributed by atoms with Gasteiger partial charge in [-0.05, 0) is 53.3 Å². The van der Waals surface area contributed by atoms with E-state index in [1.807, 2.05) is 46.0 Å². The fourth-order valence-electron chi connectivity index (χ4n) is 3.64. The van der Waals surface area contributed by atoms with E-state index in [4.69, 9.17) is 9.47 Å². The lowest BCUT2D eigenvalue weighted by Gasteiger charge is -2.30. The van der Waals surface area contributed by atoms with Crippen molar-refractivity contribution in [2.75, 3.05) is 20.8 Å². The zero-order chi connectivity index (χ0) is 19.0. The Morgan fingerprint density at radius 1 is 1.07 bits per heavy atom. The van der Waals surface area contributed by atoms with Crippen molar-refractivity contribution in [1.82, 2.24) is 9.47 Å². The standard InChI is InChI=1S/C21H21BrN2O3/c1-26-19-9-15-6-8-24(12-16(15)10-20(19)27-2)21(25)13-23-7-5-14-3-4-17(22)11-18(14)23/h3-5,7,9-11H,6,8,12-13H2,1-2H3. The summed E-state index contributed by atoms with van der Waals surface area (Å²) in [7, 11) is 3.27. The maximum atomic E-state index is 12.9. The number of benzene rings is 2. The van der Waals surface area contributed by atoms with Crippen molar-refractivity contribution in [2.45, 2.75) is 19.5 Å². The number of carbonyl (C=O) groups excluding carboxylic acids is 1. The van der Waals surface area contributed by atoms with E-state index in [9.17, 15) is 4.79 Å². The molecule has 1 aliphatic heterocycles. The Kier molecular flexibility index (Phi) is 4.83. The van der Waals surface area contributed by atoms with Gasteiger partial charge in [0.05, 0.1) is 14.2 Å². The van der Waals surface area contributed by atoms with Crippen LogP contribution >= 0.6 is 15.9 Å². The second kappa shape index (κ2) is 7.27. The van der Waals surface area contributed by atoms with E-state index in [2.05, 4.69) is 22.0 Å². The summed E-state index contributed by atoms with van der Waals surface area (Å²) in [6.45, 7) is 1.64. The largest absolute Gasteiger partial charge is 0.493 e. The molecule has 5 nitrogen and oxygen atoms in total. The van der Waals surface area contributed by atoms with Gasteiger partial charge in [-0.2, -0.15) is 0 Å². The highest BCUT2D eigenvalue weighted by Gasteiger charge is 2.23. The molecule has 6 heteroatoms. The SMILES string of the molecule is COc1cc2c(cc1OC)CN(C(=O)Cn1ccc3ccc(Br)cc31)CC2. The first-order valence-electron chi connectivity index (χ1n) is 8.85. The minimum atomic E-state index is 0.118. The van der Waals surface area contributed by atoms with Crippen molar-refractivity contribution in [3.05, 3.63) is 58.2 Å². The molecular weight excluding hydrogens is 408 g/mol. The molecule has 0 radical (unpaired) electrons. The van der Waals surface area contributed by atoms with Gasteiger partial charge in [-0.15, -0.1) is 0 Å². The zero-order valence-electron chi connectivity index (χ0n) is 15.4. The lowest BCUT2D eigenvalue weighted by atomic mass is 9.98. The van der Waals surface area contributed by atoms with E-state index in [1.54, 1.807) is 14.2 Å². The van der Waals surface area contributed by atoms with Crippen molar-refractivity contribution >= 4 is 32.7 Å². The van der Waals surface area contributed by atoms with Crippen molar-refractivity contribution in [3.63, 3.8) is 0 Å². The number of fused-ring (bicyclic) bond motifs is 2. The van der Waals surface area contributed by atoms with Gasteiger partial charge in [0.1, 0.15) is 6.54 Å². The number of rotatable bonds is 4. The molecule has 1 aromatic heterocycles. The highest BCUT2D eigenvalue weighted by molar-refractivity contribution is 9.10. The number of nitrogens with zero attached hydrogens (tertiary/aromatic N) is 2. The Bertz CT molecular complexity index is 1010. The van der Waals surface area contributed by atoms with Gasteiger partial charge in [-0.3, -0.25) is 4.79 Å². The first-order chi connectivity index (χ1) is 13.1. The number of carbonyl (C=O) groups is 1. The number of methoxy groups -OCH3 is 2.